The summed E-state index contributed by atoms with van der Waals surface area (Å²) in [6.45, 7) is 1.52. The zero-order valence-electron chi connectivity index (χ0n) is 9.05. The van der Waals surface area contributed by atoms with Crippen LogP contribution in [0.3, 0.4) is 0 Å². The van der Waals surface area contributed by atoms with Gasteiger partial charge < -0.3 is 0 Å². The number of alkyl halides is 1. The van der Waals surface area contributed by atoms with Gasteiger partial charge >= 0.3 is 0 Å². The van der Waals surface area contributed by atoms with E-state index in [1.165, 1.54) is 19.1 Å². The van der Waals surface area contributed by atoms with Gasteiger partial charge in [-0.2, -0.15) is 0 Å². The molecule has 0 aromatic heterocycles. The van der Waals surface area contributed by atoms with E-state index >= 15 is 0 Å². The molecular formula is C10H10Br2ClFO2S. The normalized spacial score (nSPS) is 15.6. The number of halogens is 4. The van der Waals surface area contributed by atoms with Crippen LogP contribution in [-0.2, 0) is 9.84 Å². The second-order valence-electron chi connectivity index (χ2n) is 3.72. The fraction of sp³-hybridized carbons (Fsp3) is 0.400. The molecule has 0 radical (unpaired) electrons. The van der Waals surface area contributed by atoms with E-state index in [1.807, 2.05) is 0 Å². The minimum atomic E-state index is -3.26. The quantitative estimate of drug-likeness (QED) is 0.557. The molecule has 0 N–H and O–H groups in total. The number of benzene rings is 1. The second kappa shape index (κ2) is 5.55. The molecule has 1 rings (SSSR count). The Hall–Kier alpha value is 0.350. The van der Waals surface area contributed by atoms with Crippen LogP contribution >= 0.6 is 43.5 Å². The maximum atomic E-state index is 13.7. The Morgan fingerprint density at radius 1 is 1.41 bits per heavy atom. The van der Waals surface area contributed by atoms with Gasteiger partial charge in [0.2, 0.25) is 0 Å². The fourth-order valence-electron chi connectivity index (χ4n) is 1.22. The Bertz CT molecular complexity index is 533. The summed E-state index contributed by atoms with van der Waals surface area (Å²) in [5.41, 5.74) is 0.233. The van der Waals surface area contributed by atoms with Crippen LogP contribution in [-0.4, -0.2) is 19.9 Å². The molecule has 0 amide bonds. The van der Waals surface area contributed by atoms with E-state index in [0.717, 1.165) is 6.26 Å². The highest BCUT2D eigenvalue weighted by Gasteiger charge is 2.27. The molecule has 0 aliphatic heterocycles. The van der Waals surface area contributed by atoms with Gasteiger partial charge in [-0.1, -0.05) is 27.5 Å². The molecule has 0 saturated carbocycles. The van der Waals surface area contributed by atoms with Crippen molar-refractivity contribution in [1.29, 1.82) is 0 Å². The first-order valence-electron chi connectivity index (χ1n) is 4.62. The lowest BCUT2D eigenvalue weighted by Crippen LogP contribution is -2.21. The van der Waals surface area contributed by atoms with Crippen molar-refractivity contribution in [3.05, 3.63) is 33.0 Å². The van der Waals surface area contributed by atoms with Crippen molar-refractivity contribution >= 4 is 53.3 Å². The van der Waals surface area contributed by atoms with E-state index in [9.17, 15) is 12.8 Å². The van der Waals surface area contributed by atoms with Crippen LogP contribution in [0.25, 0.3) is 0 Å². The summed E-state index contributed by atoms with van der Waals surface area (Å²) in [4.78, 5) is -0.636. The van der Waals surface area contributed by atoms with Crippen molar-refractivity contribution in [3.8, 4) is 0 Å². The third-order valence-corrected chi connectivity index (χ3v) is 6.88. The molecular weight excluding hydrogens is 398 g/mol. The lowest BCUT2D eigenvalue weighted by Gasteiger charge is -2.18. The fourth-order valence-corrected chi connectivity index (χ4v) is 3.81. The molecule has 2 atom stereocenters. The number of hydrogen-bond donors (Lipinski definition) is 0. The monoisotopic (exact) mass is 406 g/mol. The van der Waals surface area contributed by atoms with Gasteiger partial charge in [0.1, 0.15) is 5.82 Å². The number of rotatable bonds is 3. The van der Waals surface area contributed by atoms with Crippen LogP contribution in [0.1, 0.15) is 17.3 Å². The smallest absolute Gasteiger partial charge is 0.151 e. The summed E-state index contributed by atoms with van der Waals surface area (Å²) in [7, 11) is -3.26. The van der Waals surface area contributed by atoms with Crippen molar-refractivity contribution in [1.82, 2.24) is 0 Å². The van der Waals surface area contributed by atoms with E-state index in [2.05, 4.69) is 31.9 Å². The first-order valence-corrected chi connectivity index (χ1v) is 8.66. The van der Waals surface area contributed by atoms with E-state index in [0.29, 0.717) is 9.50 Å². The minimum absolute atomic E-state index is 0.233. The SMILES string of the molecule is CC(C(Br)c1cc(Cl)c(Br)cc1F)S(C)(=O)=O. The summed E-state index contributed by atoms with van der Waals surface area (Å²) in [5, 5.41) is -0.402. The zero-order chi connectivity index (χ0) is 13.4. The van der Waals surface area contributed by atoms with E-state index < -0.39 is 25.7 Å². The number of hydrogen-bond acceptors (Lipinski definition) is 2. The molecule has 0 aliphatic rings. The van der Waals surface area contributed by atoms with Gasteiger partial charge in [-0.3, -0.25) is 0 Å². The Kier molecular flexibility index (Phi) is 5.03. The van der Waals surface area contributed by atoms with Crippen LogP contribution in [0, 0.1) is 5.82 Å². The average molecular weight is 409 g/mol. The lowest BCUT2D eigenvalue weighted by atomic mass is 10.1. The number of sulfone groups is 1. The molecule has 96 valence electrons. The highest BCUT2D eigenvalue weighted by atomic mass is 79.9. The van der Waals surface area contributed by atoms with Crippen LogP contribution in [0.5, 0.6) is 0 Å². The highest BCUT2D eigenvalue weighted by molar-refractivity contribution is 9.10. The highest BCUT2D eigenvalue weighted by Crippen LogP contribution is 2.36. The summed E-state index contributed by atoms with van der Waals surface area (Å²) in [6.07, 6.45) is 1.12. The molecule has 17 heavy (non-hydrogen) atoms. The molecule has 0 bridgehead atoms. The molecule has 7 heteroatoms. The standard InChI is InChI=1S/C10H10Br2ClFO2S/c1-5(17(2,15)16)10(12)6-3-8(13)7(11)4-9(6)14/h3-5,10H,1-2H3. The third-order valence-electron chi connectivity index (χ3n) is 2.42. The molecule has 1 aromatic carbocycles. The Labute approximate surface area is 122 Å². The summed E-state index contributed by atoms with van der Waals surface area (Å²) < 4.78 is 37.0. The molecule has 0 fully saturated rings. The van der Waals surface area contributed by atoms with Gasteiger partial charge in [-0.25, -0.2) is 12.8 Å². The van der Waals surface area contributed by atoms with Gasteiger partial charge in [0, 0.05) is 16.3 Å². The lowest BCUT2D eigenvalue weighted by molar-refractivity contribution is 0.580. The topological polar surface area (TPSA) is 34.1 Å². The van der Waals surface area contributed by atoms with Crippen LogP contribution in [0.2, 0.25) is 5.02 Å². The largest absolute Gasteiger partial charge is 0.229 e. The van der Waals surface area contributed by atoms with Gasteiger partial charge in [0.05, 0.1) is 15.1 Å². The van der Waals surface area contributed by atoms with Crippen molar-refractivity contribution in [2.75, 3.05) is 6.26 Å². The first-order chi connectivity index (χ1) is 7.64. The Balaban J connectivity index is 3.22. The van der Waals surface area contributed by atoms with E-state index in [1.54, 1.807) is 0 Å². The predicted molar refractivity (Wildman–Crippen MR) is 75.1 cm³/mol. The zero-order valence-corrected chi connectivity index (χ0v) is 13.8. The maximum absolute atomic E-state index is 13.7. The van der Waals surface area contributed by atoms with Gasteiger partial charge in [0.25, 0.3) is 0 Å². The summed E-state index contributed by atoms with van der Waals surface area (Å²) in [6, 6.07) is 2.64. The van der Waals surface area contributed by atoms with Crippen molar-refractivity contribution in [2.45, 2.75) is 17.0 Å². The first kappa shape index (κ1) is 15.4. The second-order valence-corrected chi connectivity index (χ2v) is 8.37. The molecule has 1 aromatic rings. The summed E-state index contributed by atoms with van der Waals surface area (Å²) >= 11 is 12.2. The van der Waals surface area contributed by atoms with Crippen LogP contribution < -0.4 is 0 Å². The average Bonchev–Trinajstić information content (AvgIpc) is 2.20. The minimum Gasteiger partial charge on any atom is -0.229 e. The van der Waals surface area contributed by atoms with Crippen LogP contribution in [0.15, 0.2) is 16.6 Å². The van der Waals surface area contributed by atoms with Crippen LogP contribution in [0.4, 0.5) is 4.39 Å². The third kappa shape index (κ3) is 3.66. The van der Waals surface area contributed by atoms with Crippen molar-refractivity contribution in [3.63, 3.8) is 0 Å². The van der Waals surface area contributed by atoms with Gasteiger partial charge in [-0.05, 0) is 35.0 Å². The molecule has 0 spiro atoms. The maximum Gasteiger partial charge on any atom is 0.151 e. The molecule has 0 aliphatic carbocycles. The molecule has 0 heterocycles. The molecule has 2 unspecified atom stereocenters. The molecule has 0 saturated heterocycles. The van der Waals surface area contributed by atoms with Gasteiger partial charge in [-0.15, -0.1) is 0 Å². The van der Waals surface area contributed by atoms with E-state index in [-0.39, 0.29) is 5.56 Å². The Morgan fingerprint density at radius 2 is 1.94 bits per heavy atom. The Morgan fingerprint density at radius 3 is 2.41 bits per heavy atom. The predicted octanol–water partition coefficient (Wildman–Crippen LogP) is 4.11. The molecule has 2 nitrogen and oxygen atoms in total. The van der Waals surface area contributed by atoms with E-state index in [4.69, 9.17) is 11.6 Å². The van der Waals surface area contributed by atoms with Gasteiger partial charge in [0.15, 0.2) is 9.84 Å². The van der Waals surface area contributed by atoms with Crippen molar-refractivity contribution in [2.24, 2.45) is 0 Å². The van der Waals surface area contributed by atoms with Crippen molar-refractivity contribution < 1.29 is 12.8 Å². The summed E-state index contributed by atoms with van der Waals surface area (Å²) in [5.74, 6) is -0.501.